The molecule has 1 aromatic heterocycles. The Morgan fingerprint density at radius 3 is 2.52 bits per heavy atom. The Kier molecular flexibility index (Phi) is 6.37. The summed E-state index contributed by atoms with van der Waals surface area (Å²) in [6, 6.07) is 18.2. The molecule has 0 amide bonds. The van der Waals surface area contributed by atoms with Crippen molar-refractivity contribution < 1.29 is 9.66 Å². The highest BCUT2D eigenvalue weighted by atomic mass is 35.5. The summed E-state index contributed by atoms with van der Waals surface area (Å²) in [4.78, 5) is 14.3. The summed E-state index contributed by atoms with van der Waals surface area (Å²) in [5.74, 6) is 0.0306. The predicted octanol–water partition coefficient (Wildman–Crippen LogP) is 7.12. The number of nitrogens with one attached hydrogen (secondary N) is 1. The summed E-state index contributed by atoms with van der Waals surface area (Å²) in [6.45, 7) is 0.0123. The number of ether oxygens (including phenoxy) is 1. The first-order valence-electron chi connectivity index (χ1n) is 9.46. The van der Waals surface area contributed by atoms with E-state index in [-0.39, 0.29) is 18.1 Å². The minimum absolute atomic E-state index is 0.248. The lowest BCUT2D eigenvalue weighted by Gasteiger charge is -2.15. The van der Waals surface area contributed by atoms with E-state index in [1.165, 1.54) is 0 Å². The Balaban J connectivity index is 1.60. The average molecular weight is 476 g/mol. The summed E-state index contributed by atoms with van der Waals surface area (Å²) in [5.41, 5.74) is 3.37. The van der Waals surface area contributed by atoms with Gasteiger partial charge in [0.05, 0.1) is 21.0 Å². The number of halogens is 3. The van der Waals surface area contributed by atoms with Crippen LogP contribution in [0.1, 0.15) is 22.6 Å². The Labute approximate surface area is 193 Å². The van der Waals surface area contributed by atoms with Crippen molar-refractivity contribution in [2.45, 2.75) is 12.5 Å². The van der Waals surface area contributed by atoms with Crippen LogP contribution in [-0.4, -0.2) is 16.5 Å². The molecule has 0 saturated carbocycles. The molecule has 1 heterocycles. The fraction of sp³-hybridized carbons (Fsp3) is 0.130. The number of nitro groups is 1. The van der Waals surface area contributed by atoms with Gasteiger partial charge >= 0.3 is 0 Å². The van der Waals surface area contributed by atoms with Crippen LogP contribution in [0, 0.1) is 10.1 Å². The molecule has 0 fully saturated rings. The molecule has 0 aliphatic carbocycles. The van der Waals surface area contributed by atoms with Crippen molar-refractivity contribution in [3.8, 4) is 5.75 Å². The van der Waals surface area contributed by atoms with Gasteiger partial charge in [-0.15, -0.1) is 0 Å². The molecule has 0 radical (unpaired) electrons. The number of aromatic nitrogens is 1. The van der Waals surface area contributed by atoms with Gasteiger partial charge in [-0.05, 0) is 47.0 Å². The number of aromatic amines is 1. The molecular formula is C23H17Cl3N2O3. The van der Waals surface area contributed by atoms with Gasteiger partial charge in [-0.3, -0.25) is 10.1 Å². The van der Waals surface area contributed by atoms with E-state index in [2.05, 4.69) is 4.98 Å². The van der Waals surface area contributed by atoms with Gasteiger partial charge in [0.15, 0.2) is 0 Å². The van der Waals surface area contributed by atoms with Crippen LogP contribution in [-0.2, 0) is 6.61 Å². The number of H-pyrrole nitrogens is 1. The maximum Gasteiger partial charge on any atom is 0.214 e. The number of fused-ring (bicyclic) bond motifs is 1. The molecule has 5 nitrogen and oxygen atoms in total. The molecule has 0 saturated heterocycles. The fourth-order valence-electron chi connectivity index (χ4n) is 3.56. The van der Waals surface area contributed by atoms with Crippen molar-refractivity contribution in [3.63, 3.8) is 0 Å². The molecule has 0 bridgehead atoms. The normalized spacial score (nSPS) is 12.1. The minimum Gasteiger partial charge on any atom is -0.487 e. The molecule has 1 atom stereocenters. The standard InChI is InChI=1S/C23H17Cl3N2O3/c24-19-7-5-14(9-20(19)25)13-31-23-8-6-15(10-21(23)26)18(12-28(29)30)17-11-27-22-4-2-1-3-16(17)22/h1-11,18,27H,12-13H2/t18-/m1/s1. The summed E-state index contributed by atoms with van der Waals surface area (Å²) >= 11 is 18.4. The Morgan fingerprint density at radius 2 is 1.77 bits per heavy atom. The first-order chi connectivity index (χ1) is 14.9. The third-order valence-electron chi connectivity index (χ3n) is 5.06. The van der Waals surface area contributed by atoms with E-state index < -0.39 is 5.92 Å². The number of para-hydroxylation sites is 1. The van der Waals surface area contributed by atoms with Crippen LogP contribution in [0.3, 0.4) is 0 Å². The Bertz CT molecular complexity index is 1260. The molecule has 0 spiro atoms. The molecule has 158 valence electrons. The van der Waals surface area contributed by atoms with Crippen molar-refractivity contribution in [1.82, 2.24) is 4.98 Å². The van der Waals surface area contributed by atoms with E-state index in [1.54, 1.807) is 24.3 Å². The SMILES string of the molecule is O=[N+]([O-])C[C@H](c1ccc(OCc2ccc(Cl)c(Cl)c2)c(Cl)c1)c1c[nH]c2ccccc12. The lowest BCUT2D eigenvalue weighted by molar-refractivity contribution is -0.481. The first-order valence-corrected chi connectivity index (χ1v) is 10.6. The quantitative estimate of drug-likeness (QED) is 0.229. The third kappa shape index (κ3) is 4.79. The largest absolute Gasteiger partial charge is 0.487 e. The van der Waals surface area contributed by atoms with Crippen LogP contribution in [0.25, 0.3) is 10.9 Å². The Hall–Kier alpha value is -2.73. The zero-order chi connectivity index (χ0) is 22.0. The van der Waals surface area contributed by atoms with E-state index in [0.29, 0.717) is 20.8 Å². The van der Waals surface area contributed by atoms with Crippen molar-refractivity contribution in [2.75, 3.05) is 6.54 Å². The predicted molar refractivity (Wildman–Crippen MR) is 124 cm³/mol. The number of rotatable bonds is 7. The Morgan fingerprint density at radius 1 is 0.968 bits per heavy atom. The number of nitrogens with zero attached hydrogens (tertiary/aromatic N) is 1. The summed E-state index contributed by atoms with van der Waals surface area (Å²) in [5, 5.41) is 13.6. The lowest BCUT2D eigenvalue weighted by Crippen LogP contribution is -2.13. The number of benzene rings is 3. The monoisotopic (exact) mass is 474 g/mol. The number of hydrogen-bond donors (Lipinski definition) is 1. The van der Waals surface area contributed by atoms with Crippen LogP contribution in [0.15, 0.2) is 66.9 Å². The third-order valence-corrected chi connectivity index (χ3v) is 6.10. The highest BCUT2D eigenvalue weighted by molar-refractivity contribution is 6.42. The molecule has 4 aromatic rings. The summed E-state index contributed by atoms with van der Waals surface area (Å²) in [6.07, 6.45) is 1.82. The van der Waals surface area contributed by atoms with Crippen molar-refractivity contribution in [1.29, 1.82) is 0 Å². The second-order valence-corrected chi connectivity index (χ2v) is 8.31. The van der Waals surface area contributed by atoms with E-state index in [0.717, 1.165) is 27.6 Å². The van der Waals surface area contributed by atoms with Crippen LogP contribution in [0.4, 0.5) is 0 Å². The molecule has 0 aliphatic heterocycles. The van der Waals surface area contributed by atoms with Gasteiger partial charge in [0.25, 0.3) is 0 Å². The summed E-state index contributed by atoms with van der Waals surface area (Å²) < 4.78 is 5.82. The van der Waals surface area contributed by atoms with E-state index in [4.69, 9.17) is 39.5 Å². The van der Waals surface area contributed by atoms with Crippen molar-refractivity contribution in [2.24, 2.45) is 0 Å². The van der Waals surface area contributed by atoms with Gasteiger partial charge in [-0.1, -0.05) is 65.1 Å². The molecule has 8 heteroatoms. The molecule has 3 aromatic carbocycles. The zero-order valence-corrected chi connectivity index (χ0v) is 18.4. The second-order valence-electron chi connectivity index (χ2n) is 7.08. The van der Waals surface area contributed by atoms with Crippen LogP contribution in [0.2, 0.25) is 15.1 Å². The van der Waals surface area contributed by atoms with E-state index in [1.807, 2.05) is 42.6 Å². The van der Waals surface area contributed by atoms with Crippen molar-refractivity contribution >= 4 is 45.7 Å². The lowest BCUT2D eigenvalue weighted by atomic mass is 9.91. The second kappa shape index (κ2) is 9.18. The maximum absolute atomic E-state index is 11.4. The molecule has 0 unspecified atom stereocenters. The van der Waals surface area contributed by atoms with Crippen LogP contribution >= 0.6 is 34.8 Å². The molecule has 0 aliphatic rings. The van der Waals surface area contributed by atoms with Crippen molar-refractivity contribution in [3.05, 3.63) is 109 Å². The van der Waals surface area contributed by atoms with Gasteiger partial charge in [0.2, 0.25) is 6.54 Å². The van der Waals surface area contributed by atoms with Gasteiger partial charge in [-0.25, -0.2) is 0 Å². The summed E-state index contributed by atoms with van der Waals surface area (Å²) in [7, 11) is 0. The molecule has 1 N–H and O–H groups in total. The van der Waals surface area contributed by atoms with E-state index in [9.17, 15) is 10.1 Å². The van der Waals surface area contributed by atoms with Gasteiger partial charge in [0.1, 0.15) is 12.4 Å². The van der Waals surface area contributed by atoms with Crippen LogP contribution < -0.4 is 4.74 Å². The average Bonchev–Trinajstić information content (AvgIpc) is 3.17. The molecule has 4 rings (SSSR count). The molecule has 31 heavy (non-hydrogen) atoms. The van der Waals surface area contributed by atoms with Gasteiger partial charge in [-0.2, -0.15) is 0 Å². The number of hydrogen-bond acceptors (Lipinski definition) is 3. The zero-order valence-electron chi connectivity index (χ0n) is 16.1. The fourth-order valence-corrected chi connectivity index (χ4v) is 4.12. The van der Waals surface area contributed by atoms with Gasteiger partial charge < -0.3 is 9.72 Å². The smallest absolute Gasteiger partial charge is 0.214 e. The van der Waals surface area contributed by atoms with Gasteiger partial charge in [0, 0.05) is 22.0 Å². The topological polar surface area (TPSA) is 68.2 Å². The highest BCUT2D eigenvalue weighted by Gasteiger charge is 2.24. The molecular weight excluding hydrogens is 459 g/mol. The van der Waals surface area contributed by atoms with Crippen LogP contribution in [0.5, 0.6) is 5.75 Å². The first kappa shape index (κ1) is 21.5. The van der Waals surface area contributed by atoms with E-state index >= 15 is 0 Å². The minimum atomic E-state index is -0.451. The highest BCUT2D eigenvalue weighted by Crippen LogP contribution is 2.35. The maximum atomic E-state index is 11.4.